The van der Waals surface area contributed by atoms with Gasteiger partial charge in [0, 0.05) is 32.6 Å². The summed E-state index contributed by atoms with van der Waals surface area (Å²) >= 11 is 0. The third-order valence-electron chi connectivity index (χ3n) is 6.57. The first kappa shape index (κ1) is 18.0. The highest BCUT2D eigenvalue weighted by Crippen LogP contribution is 2.49. The van der Waals surface area contributed by atoms with E-state index >= 15 is 0 Å². The van der Waals surface area contributed by atoms with Gasteiger partial charge < -0.3 is 4.90 Å². The van der Waals surface area contributed by atoms with Gasteiger partial charge in [0.2, 0.25) is 15.9 Å². The van der Waals surface area contributed by atoms with E-state index in [0.717, 1.165) is 17.4 Å². The summed E-state index contributed by atoms with van der Waals surface area (Å²) < 4.78 is 27.0. The van der Waals surface area contributed by atoms with Crippen LogP contribution in [0, 0.1) is 24.7 Å². The Balaban J connectivity index is 1.33. The number of aryl methyl sites for hydroxylation is 1. The van der Waals surface area contributed by atoms with Crippen molar-refractivity contribution in [2.24, 2.45) is 17.8 Å². The molecule has 26 heavy (non-hydrogen) atoms. The van der Waals surface area contributed by atoms with Gasteiger partial charge in [0.25, 0.3) is 0 Å². The number of hydrogen-bond acceptors (Lipinski definition) is 3. The normalized spacial score (nSPS) is 29.3. The lowest BCUT2D eigenvalue weighted by molar-refractivity contribution is -0.133. The lowest BCUT2D eigenvalue weighted by atomic mass is 9.86. The molecule has 2 aliphatic carbocycles. The molecule has 1 saturated heterocycles. The zero-order valence-electron chi connectivity index (χ0n) is 15.4. The van der Waals surface area contributed by atoms with Crippen LogP contribution < -0.4 is 0 Å². The molecule has 6 heteroatoms. The highest BCUT2D eigenvalue weighted by Gasteiger charge is 2.41. The second kappa shape index (κ2) is 6.97. The maximum atomic E-state index is 12.8. The van der Waals surface area contributed by atoms with Crippen molar-refractivity contribution in [3.8, 4) is 0 Å². The summed E-state index contributed by atoms with van der Waals surface area (Å²) in [7, 11) is -3.46. The molecule has 1 amide bonds. The van der Waals surface area contributed by atoms with Crippen molar-refractivity contribution in [3.63, 3.8) is 0 Å². The topological polar surface area (TPSA) is 57.7 Å². The van der Waals surface area contributed by atoms with Gasteiger partial charge in [-0.25, -0.2) is 8.42 Å². The molecule has 0 aromatic heterocycles. The number of piperazine rings is 1. The zero-order valence-corrected chi connectivity index (χ0v) is 16.2. The average Bonchev–Trinajstić information content (AvgIpc) is 3.25. The van der Waals surface area contributed by atoms with E-state index in [0.29, 0.717) is 43.4 Å². The highest BCUT2D eigenvalue weighted by molar-refractivity contribution is 7.89. The van der Waals surface area contributed by atoms with Crippen LogP contribution in [0.25, 0.3) is 0 Å². The smallest absolute Gasteiger partial charge is 0.243 e. The summed E-state index contributed by atoms with van der Waals surface area (Å²) in [6, 6.07) is 6.97. The van der Waals surface area contributed by atoms with E-state index in [2.05, 4.69) is 0 Å². The Kier molecular flexibility index (Phi) is 4.82. The molecular weight excluding hydrogens is 348 g/mol. The number of benzene rings is 1. The molecule has 1 heterocycles. The molecule has 0 spiro atoms. The lowest BCUT2D eigenvalue weighted by Gasteiger charge is -2.35. The van der Waals surface area contributed by atoms with Crippen LogP contribution >= 0.6 is 0 Å². The zero-order chi connectivity index (χ0) is 18.3. The maximum absolute atomic E-state index is 12.8. The fraction of sp³-hybridized carbons (Fsp3) is 0.650. The largest absolute Gasteiger partial charge is 0.340 e. The Hall–Kier alpha value is -1.40. The standard InChI is InChI=1S/C20H28N2O3S/c1-15-2-6-19(7-3-15)26(24,25)22-10-8-21(9-11-22)20(23)14-18-13-16-4-5-17(18)12-16/h2-3,6-7,16-18H,4-5,8-14H2,1H3. The summed E-state index contributed by atoms with van der Waals surface area (Å²) in [6.45, 7) is 3.73. The number of fused-ring (bicyclic) bond motifs is 2. The molecule has 0 radical (unpaired) electrons. The Labute approximate surface area is 156 Å². The minimum absolute atomic E-state index is 0.218. The van der Waals surface area contributed by atoms with Crippen molar-refractivity contribution >= 4 is 15.9 Å². The van der Waals surface area contributed by atoms with Crippen LogP contribution in [0.4, 0.5) is 0 Å². The SMILES string of the molecule is Cc1ccc(S(=O)(=O)N2CCN(C(=O)CC3CC4CCC3C4)CC2)cc1. The first-order chi connectivity index (χ1) is 12.4. The molecule has 5 nitrogen and oxygen atoms in total. The number of sulfonamides is 1. The Morgan fingerprint density at radius 2 is 1.73 bits per heavy atom. The van der Waals surface area contributed by atoms with Crippen LogP contribution in [0.3, 0.4) is 0 Å². The number of hydrogen-bond donors (Lipinski definition) is 0. The molecule has 1 aliphatic heterocycles. The third kappa shape index (κ3) is 3.41. The molecule has 4 rings (SSSR count). The van der Waals surface area contributed by atoms with E-state index in [9.17, 15) is 13.2 Å². The van der Waals surface area contributed by atoms with Gasteiger partial charge in [-0.2, -0.15) is 4.31 Å². The molecule has 1 aromatic carbocycles. The molecule has 142 valence electrons. The first-order valence-electron chi connectivity index (χ1n) is 9.78. The first-order valence-corrected chi connectivity index (χ1v) is 11.2. The Bertz CT molecular complexity index is 767. The molecule has 2 saturated carbocycles. The molecule has 1 aromatic rings. The van der Waals surface area contributed by atoms with Gasteiger partial charge in [-0.3, -0.25) is 4.79 Å². The number of carbonyl (C=O) groups excluding carboxylic acids is 1. The summed E-state index contributed by atoms with van der Waals surface area (Å²) in [5.74, 6) is 2.40. The molecule has 2 bridgehead atoms. The minimum Gasteiger partial charge on any atom is -0.340 e. The molecule has 0 N–H and O–H groups in total. The summed E-state index contributed by atoms with van der Waals surface area (Å²) in [5, 5.41) is 0. The van der Waals surface area contributed by atoms with Crippen molar-refractivity contribution in [1.82, 2.24) is 9.21 Å². The molecule has 3 atom stereocenters. The van der Waals surface area contributed by atoms with Crippen molar-refractivity contribution in [2.75, 3.05) is 26.2 Å². The second-order valence-electron chi connectivity index (χ2n) is 8.24. The molecular formula is C20H28N2O3S. The van der Waals surface area contributed by atoms with Crippen molar-refractivity contribution in [3.05, 3.63) is 29.8 Å². The van der Waals surface area contributed by atoms with Gasteiger partial charge in [0.05, 0.1) is 4.90 Å². The van der Waals surface area contributed by atoms with Gasteiger partial charge in [0.15, 0.2) is 0 Å². The van der Waals surface area contributed by atoms with E-state index in [1.807, 2.05) is 24.0 Å². The van der Waals surface area contributed by atoms with Gasteiger partial charge in [-0.05, 0) is 56.1 Å². The van der Waals surface area contributed by atoms with Crippen LogP contribution in [0.15, 0.2) is 29.2 Å². The van der Waals surface area contributed by atoms with Gasteiger partial charge in [-0.15, -0.1) is 0 Å². The Morgan fingerprint density at radius 1 is 1.04 bits per heavy atom. The number of rotatable bonds is 4. The van der Waals surface area contributed by atoms with Crippen LogP contribution in [-0.4, -0.2) is 49.7 Å². The summed E-state index contributed by atoms with van der Waals surface area (Å²) in [4.78, 5) is 14.9. The fourth-order valence-corrected chi connectivity index (χ4v) is 6.44. The summed E-state index contributed by atoms with van der Waals surface area (Å²) in [5.41, 5.74) is 1.04. The fourth-order valence-electron chi connectivity index (χ4n) is 5.02. The predicted octanol–water partition coefficient (Wildman–Crippen LogP) is 2.65. The van der Waals surface area contributed by atoms with Crippen LogP contribution in [0.1, 0.15) is 37.7 Å². The van der Waals surface area contributed by atoms with E-state index < -0.39 is 10.0 Å². The van der Waals surface area contributed by atoms with Crippen LogP contribution in [0.5, 0.6) is 0 Å². The lowest BCUT2D eigenvalue weighted by Crippen LogP contribution is -2.50. The van der Waals surface area contributed by atoms with E-state index in [-0.39, 0.29) is 5.91 Å². The van der Waals surface area contributed by atoms with E-state index in [4.69, 9.17) is 0 Å². The number of nitrogens with zero attached hydrogens (tertiary/aromatic N) is 2. The number of amides is 1. The van der Waals surface area contributed by atoms with E-state index in [1.54, 1.807) is 12.1 Å². The number of carbonyl (C=O) groups is 1. The van der Waals surface area contributed by atoms with Crippen LogP contribution in [0.2, 0.25) is 0 Å². The Morgan fingerprint density at radius 3 is 2.31 bits per heavy atom. The summed E-state index contributed by atoms with van der Waals surface area (Å²) in [6.07, 6.45) is 5.85. The molecule has 3 unspecified atom stereocenters. The van der Waals surface area contributed by atoms with Crippen molar-refractivity contribution in [1.29, 1.82) is 0 Å². The van der Waals surface area contributed by atoms with Crippen LogP contribution in [-0.2, 0) is 14.8 Å². The highest BCUT2D eigenvalue weighted by atomic mass is 32.2. The average molecular weight is 377 g/mol. The van der Waals surface area contributed by atoms with Crippen molar-refractivity contribution < 1.29 is 13.2 Å². The third-order valence-corrected chi connectivity index (χ3v) is 8.48. The molecule has 3 aliphatic rings. The predicted molar refractivity (Wildman–Crippen MR) is 100 cm³/mol. The second-order valence-corrected chi connectivity index (χ2v) is 10.2. The van der Waals surface area contributed by atoms with Gasteiger partial charge >= 0.3 is 0 Å². The van der Waals surface area contributed by atoms with E-state index in [1.165, 1.54) is 30.0 Å². The van der Waals surface area contributed by atoms with Gasteiger partial charge in [0.1, 0.15) is 0 Å². The molecule has 3 fully saturated rings. The van der Waals surface area contributed by atoms with Gasteiger partial charge in [-0.1, -0.05) is 24.1 Å². The quantitative estimate of drug-likeness (QED) is 0.812. The van der Waals surface area contributed by atoms with Crippen molar-refractivity contribution in [2.45, 2.75) is 43.9 Å². The minimum atomic E-state index is -3.46. The maximum Gasteiger partial charge on any atom is 0.243 e. The monoisotopic (exact) mass is 376 g/mol.